The molecule has 3 N–H and O–H groups in total. The number of carbonyl (C=O) groups excluding carboxylic acids is 1. The van der Waals surface area contributed by atoms with Crippen LogP contribution in [0.4, 0.5) is 5.69 Å². The topological polar surface area (TPSA) is 91.3 Å². The predicted molar refractivity (Wildman–Crippen MR) is 106 cm³/mol. The first-order chi connectivity index (χ1) is 12.5. The molecule has 1 aliphatic heterocycles. The van der Waals surface area contributed by atoms with Crippen molar-refractivity contribution in [2.75, 3.05) is 11.1 Å². The molecule has 2 aromatic rings. The number of benzene rings is 2. The molecule has 1 atom stereocenters. The van der Waals surface area contributed by atoms with Crippen LogP contribution in [0.3, 0.4) is 0 Å². The van der Waals surface area contributed by atoms with E-state index < -0.39 is 0 Å². The molecular formula is C20H20N4OS. The number of hydrogen-bond donors (Lipinski definition) is 2. The SMILES string of the molecule is CC1(c2cccc(NC(=O)Cc3ccc(C#N)cc3)c2)CCSC(N)=N1. The second-order valence-corrected chi connectivity index (χ2v) is 7.55. The fourth-order valence-corrected chi connectivity index (χ4v) is 3.89. The zero-order valence-corrected chi connectivity index (χ0v) is 15.3. The highest BCUT2D eigenvalue weighted by atomic mass is 32.2. The van der Waals surface area contributed by atoms with Crippen molar-refractivity contribution in [3.8, 4) is 6.07 Å². The molecule has 26 heavy (non-hydrogen) atoms. The number of carbonyl (C=O) groups is 1. The lowest BCUT2D eigenvalue weighted by atomic mass is 9.89. The smallest absolute Gasteiger partial charge is 0.228 e. The van der Waals surface area contributed by atoms with Crippen molar-refractivity contribution in [1.29, 1.82) is 5.26 Å². The second-order valence-electron chi connectivity index (χ2n) is 6.44. The van der Waals surface area contributed by atoms with Crippen molar-refractivity contribution in [3.05, 3.63) is 65.2 Å². The lowest BCUT2D eigenvalue weighted by Crippen LogP contribution is -2.28. The summed E-state index contributed by atoms with van der Waals surface area (Å²) < 4.78 is 0. The lowest BCUT2D eigenvalue weighted by Gasteiger charge is -2.30. The van der Waals surface area contributed by atoms with Gasteiger partial charge in [0.05, 0.1) is 23.6 Å². The number of nitrogens with two attached hydrogens (primary N) is 1. The van der Waals surface area contributed by atoms with Gasteiger partial charge in [0.15, 0.2) is 5.17 Å². The van der Waals surface area contributed by atoms with Crippen LogP contribution in [-0.4, -0.2) is 16.8 Å². The predicted octanol–water partition coefficient (Wildman–Crippen LogP) is 3.41. The Kier molecular flexibility index (Phi) is 5.29. The first-order valence-corrected chi connectivity index (χ1v) is 9.35. The summed E-state index contributed by atoms with van der Waals surface area (Å²) in [6.07, 6.45) is 1.16. The van der Waals surface area contributed by atoms with Gasteiger partial charge in [-0.2, -0.15) is 5.26 Å². The van der Waals surface area contributed by atoms with Crippen LogP contribution in [0.25, 0.3) is 0 Å². The Labute approximate surface area is 157 Å². The van der Waals surface area contributed by atoms with Crippen LogP contribution in [0.15, 0.2) is 53.5 Å². The molecule has 0 bridgehead atoms. The highest BCUT2D eigenvalue weighted by molar-refractivity contribution is 8.13. The molecule has 0 aromatic heterocycles. The van der Waals surface area contributed by atoms with Gasteiger partial charge >= 0.3 is 0 Å². The Morgan fingerprint density at radius 1 is 1.35 bits per heavy atom. The van der Waals surface area contributed by atoms with Gasteiger partial charge in [0.25, 0.3) is 0 Å². The number of thioether (sulfide) groups is 1. The number of amides is 1. The van der Waals surface area contributed by atoms with Crippen molar-refractivity contribution in [2.24, 2.45) is 10.7 Å². The number of hydrogen-bond acceptors (Lipinski definition) is 5. The van der Waals surface area contributed by atoms with E-state index in [1.807, 2.05) is 24.3 Å². The largest absolute Gasteiger partial charge is 0.379 e. The fraction of sp³-hybridized carbons (Fsp3) is 0.250. The number of aliphatic imine (C=N–C) groups is 1. The van der Waals surface area contributed by atoms with Crippen LogP contribution in [-0.2, 0) is 16.8 Å². The van der Waals surface area contributed by atoms with E-state index in [1.54, 1.807) is 36.0 Å². The van der Waals surface area contributed by atoms with Crippen LogP contribution in [0.5, 0.6) is 0 Å². The quantitative estimate of drug-likeness (QED) is 0.870. The summed E-state index contributed by atoms with van der Waals surface area (Å²) in [5, 5.41) is 12.4. The molecule has 0 spiro atoms. The van der Waals surface area contributed by atoms with Gasteiger partial charge in [-0.25, -0.2) is 0 Å². The molecular weight excluding hydrogens is 344 g/mol. The third-order valence-corrected chi connectivity index (χ3v) is 5.21. The summed E-state index contributed by atoms with van der Waals surface area (Å²) in [5.41, 5.74) is 8.77. The highest BCUT2D eigenvalue weighted by Crippen LogP contribution is 2.35. The first-order valence-electron chi connectivity index (χ1n) is 8.36. The van der Waals surface area contributed by atoms with Gasteiger partial charge < -0.3 is 11.1 Å². The van der Waals surface area contributed by atoms with Crippen molar-refractivity contribution in [3.63, 3.8) is 0 Å². The maximum Gasteiger partial charge on any atom is 0.228 e. The molecule has 5 nitrogen and oxygen atoms in total. The second kappa shape index (κ2) is 7.63. The van der Waals surface area contributed by atoms with Gasteiger partial charge in [0, 0.05) is 11.4 Å². The minimum atomic E-state index is -0.358. The van der Waals surface area contributed by atoms with E-state index >= 15 is 0 Å². The van der Waals surface area contributed by atoms with Crippen LogP contribution < -0.4 is 11.1 Å². The van der Waals surface area contributed by atoms with Gasteiger partial charge in [-0.15, -0.1) is 0 Å². The molecule has 6 heteroatoms. The van der Waals surface area contributed by atoms with Gasteiger partial charge in [0.2, 0.25) is 5.91 Å². The molecule has 3 rings (SSSR count). The minimum Gasteiger partial charge on any atom is -0.379 e. The number of anilines is 1. The third kappa shape index (κ3) is 4.24. The number of rotatable bonds is 4. The normalized spacial score (nSPS) is 19.3. The van der Waals surface area contributed by atoms with E-state index in [2.05, 4.69) is 23.3 Å². The first kappa shape index (κ1) is 18.0. The van der Waals surface area contributed by atoms with Crippen molar-refractivity contribution in [1.82, 2.24) is 0 Å². The average molecular weight is 364 g/mol. The van der Waals surface area contributed by atoms with Gasteiger partial charge in [-0.3, -0.25) is 9.79 Å². The van der Waals surface area contributed by atoms with Crippen molar-refractivity contribution in [2.45, 2.75) is 25.3 Å². The summed E-state index contributed by atoms with van der Waals surface area (Å²) in [5.74, 6) is 0.834. The highest BCUT2D eigenvalue weighted by Gasteiger charge is 2.29. The Bertz CT molecular complexity index is 885. The van der Waals surface area contributed by atoms with Crippen molar-refractivity contribution < 1.29 is 4.79 Å². The molecule has 0 saturated heterocycles. The summed E-state index contributed by atoms with van der Waals surface area (Å²) >= 11 is 1.57. The molecule has 2 aromatic carbocycles. The Balaban J connectivity index is 1.71. The molecule has 1 heterocycles. The van der Waals surface area contributed by atoms with E-state index in [1.165, 1.54) is 0 Å². The number of nitrogens with one attached hydrogen (secondary N) is 1. The maximum atomic E-state index is 12.3. The summed E-state index contributed by atoms with van der Waals surface area (Å²) in [4.78, 5) is 16.9. The summed E-state index contributed by atoms with van der Waals surface area (Å²) in [6.45, 7) is 2.07. The molecule has 0 radical (unpaired) electrons. The van der Waals surface area contributed by atoms with E-state index in [-0.39, 0.29) is 17.9 Å². The molecule has 1 amide bonds. The van der Waals surface area contributed by atoms with E-state index in [0.29, 0.717) is 10.7 Å². The van der Waals surface area contributed by atoms with Crippen LogP contribution >= 0.6 is 11.8 Å². The summed E-state index contributed by atoms with van der Waals surface area (Å²) in [6, 6.07) is 16.9. The average Bonchev–Trinajstić information content (AvgIpc) is 2.62. The number of nitriles is 1. The van der Waals surface area contributed by atoms with Gasteiger partial charge in [-0.05, 0) is 48.7 Å². The molecule has 0 fully saturated rings. The lowest BCUT2D eigenvalue weighted by molar-refractivity contribution is -0.115. The molecule has 1 aliphatic rings. The standard InChI is InChI=1S/C20H20N4OS/c1-20(9-10-26-19(22)24-20)16-3-2-4-17(12-16)23-18(25)11-14-5-7-15(13-21)8-6-14/h2-8,12H,9-11H2,1H3,(H2,22,24)(H,23,25). The van der Waals surface area contributed by atoms with Crippen molar-refractivity contribution >= 4 is 28.5 Å². The van der Waals surface area contributed by atoms with Crippen LogP contribution in [0, 0.1) is 11.3 Å². The minimum absolute atomic E-state index is 0.0979. The molecule has 0 aliphatic carbocycles. The fourth-order valence-electron chi connectivity index (χ4n) is 2.91. The Morgan fingerprint density at radius 3 is 2.81 bits per heavy atom. The monoisotopic (exact) mass is 364 g/mol. The van der Waals surface area contributed by atoms with Crippen LogP contribution in [0.2, 0.25) is 0 Å². The summed E-state index contributed by atoms with van der Waals surface area (Å²) in [7, 11) is 0. The Hall–Kier alpha value is -2.78. The van der Waals surface area contributed by atoms with E-state index in [4.69, 9.17) is 11.0 Å². The molecule has 1 unspecified atom stereocenters. The number of nitrogens with zero attached hydrogens (tertiary/aromatic N) is 2. The number of amidine groups is 1. The zero-order chi connectivity index (χ0) is 18.6. The molecule has 132 valence electrons. The van der Waals surface area contributed by atoms with Gasteiger partial charge in [-0.1, -0.05) is 36.0 Å². The van der Waals surface area contributed by atoms with E-state index in [9.17, 15) is 4.79 Å². The van der Waals surface area contributed by atoms with E-state index in [0.717, 1.165) is 29.0 Å². The third-order valence-electron chi connectivity index (χ3n) is 4.41. The van der Waals surface area contributed by atoms with Crippen LogP contribution in [0.1, 0.15) is 30.0 Å². The van der Waals surface area contributed by atoms with Gasteiger partial charge in [0.1, 0.15) is 0 Å². The zero-order valence-electron chi connectivity index (χ0n) is 14.5. The molecule has 0 saturated carbocycles. The maximum absolute atomic E-state index is 12.3. The Morgan fingerprint density at radius 2 is 2.12 bits per heavy atom.